The van der Waals surface area contributed by atoms with Crippen molar-refractivity contribution in [2.75, 3.05) is 5.88 Å². The summed E-state index contributed by atoms with van der Waals surface area (Å²) < 4.78 is 0. The lowest BCUT2D eigenvalue weighted by molar-refractivity contribution is 1.08. The van der Waals surface area contributed by atoms with E-state index in [1.54, 1.807) is 0 Å². The van der Waals surface area contributed by atoms with Gasteiger partial charge in [-0.3, -0.25) is 0 Å². The Kier molecular flexibility index (Phi) is 5.10. The zero-order valence-electron chi connectivity index (χ0n) is 9.56. The molecule has 0 atom stereocenters. The van der Waals surface area contributed by atoms with Crippen LogP contribution in [-0.4, -0.2) is 11.7 Å². The highest BCUT2D eigenvalue weighted by Crippen LogP contribution is 2.31. The summed E-state index contributed by atoms with van der Waals surface area (Å²) in [5, 5.41) is 0.737. The lowest BCUT2D eigenvalue weighted by atomic mass is 10.0. The largest absolute Gasteiger partial charge is 0.386 e. The molecule has 0 saturated carbocycles. The van der Waals surface area contributed by atoms with E-state index in [-0.39, 0.29) is 5.88 Å². The normalized spacial score (nSPS) is 11.9. The average molecular weight is 259 g/mol. The number of hydrogen-bond acceptors (Lipinski definition) is 1. The molecule has 1 rings (SSSR count). The van der Waals surface area contributed by atoms with Crippen molar-refractivity contribution in [1.82, 2.24) is 0 Å². The second kappa shape index (κ2) is 6.12. The fourth-order valence-corrected chi connectivity index (χ4v) is 1.94. The van der Waals surface area contributed by atoms with Gasteiger partial charge in [0.25, 0.3) is 0 Å². The first-order valence-electron chi connectivity index (χ1n) is 5.33. The first-order valence-corrected chi connectivity index (χ1v) is 6.24. The number of alkyl halides is 1. The molecule has 0 bridgehead atoms. The first kappa shape index (κ1) is 13.3. The Bertz CT molecular complexity index is 400. The van der Waals surface area contributed by atoms with Crippen molar-refractivity contribution < 1.29 is 0 Å². The smallest absolute Gasteiger partial charge is 0.115 e. The van der Waals surface area contributed by atoms with Gasteiger partial charge in [0.2, 0.25) is 0 Å². The zero-order valence-corrected chi connectivity index (χ0v) is 11.1. The third-order valence-corrected chi connectivity index (χ3v) is 3.06. The van der Waals surface area contributed by atoms with Crippen LogP contribution in [0.5, 0.6) is 0 Å². The molecule has 0 spiro atoms. The van der Waals surface area contributed by atoms with Crippen LogP contribution in [0.2, 0.25) is 5.02 Å². The second-order valence-corrected chi connectivity index (χ2v) is 4.15. The van der Waals surface area contributed by atoms with Crippen LogP contribution in [0.25, 0.3) is 0 Å². The maximum Gasteiger partial charge on any atom is 0.115 e. The number of nitrogens with two attached hydrogens (primary N) is 1. The molecule has 1 aromatic rings. The van der Waals surface area contributed by atoms with E-state index in [9.17, 15) is 0 Å². The van der Waals surface area contributed by atoms with Gasteiger partial charge in [-0.1, -0.05) is 31.5 Å². The number of halogens is 2. The van der Waals surface area contributed by atoms with Crippen molar-refractivity contribution in [3.05, 3.63) is 28.3 Å². The van der Waals surface area contributed by atoms with Gasteiger partial charge in [-0.2, -0.15) is 0 Å². The van der Waals surface area contributed by atoms with Gasteiger partial charge in [-0.25, -0.2) is 4.99 Å². The van der Waals surface area contributed by atoms with E-state index < -0.39 is 0 Å². The Morgan fingerprint density at radius 2 is 2.00 bits per heavy atom. The number of aliphatic imine (C=N–C) groups is 1. The van der Waals surface area contributed by atoms with Gasteiger partial charge in [0.15, 0.2) is 0 Å². The van der Waals surface area contributed by atoms with E-state index >= 15 is 0 Å². The summed E-state index contributed by atoms with van der Waals surface area (Å²) in [6, 6.07) is 3.90. The van der Waals surface area contributed by atoms with Crippen LogP contribution in [0.4, 0.5) is 5.69 Å². The van der Waals surface area contributed by atoms with Gasteiger partial charge >= 0.3 is 0 Å². The van der Waals surface area contributed by atoms with Crippen molar-refractivity contribution in [2.24, 2.45) is 10.7 Å². The molecule has 0 unspecified atom stereocenters. The van der Waals surface area contributed by atoms with Crippen molar-refractivity contribution in [1.29, 1.82) is 0 Å². The molecule has 0 fully saturated rings. The summed E-state index contributed by atoms with van der Waals surface area (Å²) in [5.41, 5.74) is 8.75. The lowest BCUT2D eigenvalue weighted by Crippen LogP contribution is -2.12. The molecule has 0 radical (unpaired) electrons. The average Bonchev–Trinajstić information content (AvgIpc) is 2.29. The fraction of sp³-hybridized carbons (Fsp3) is 0.417. The van der Waals surface area contributed by atoms with Gasteiger partial charge in [-0.15, -0.1) is 11.6 Å². The van der Waals surface area contributed by atoms with Crippen molar-refractivity contribution in [3.8, 4) is 0 Å². The van der Waals surface area contributed by atoms with Crippen LogP contribution >= 0.6 is 23.2 Å². The van der Waals surface area contributed by atoms with Crippen LogP contribution in [0.1, 0.15) is 25.0 Å². The minimum Gasteiger partial charge on any atom is -0.386 e. The number of rotatable bonds is 4. The van der Waals surface area contributed by atoms with E-state index in [1.807, 2.05) is 12.1 Å². The van der Waals surface area contributed by atoms with E-state index in [0.29, 0.717) is 5.84 Å². The Labute approximate surface area is 106 Å². The van der Waals surface area contributed by atoms with Crippen molar-refractivity contribution in [3.63, 3.8) is 0 Å². The topological polar surface area (TPSA) is 38.4 Å². The molecular weight excluding hydrogens is 243 g/mol. The van der Waals surface area contributed by atoms with Gasteiger partial charge in [0.1, 0.15) is 5.84 Å². The molecule has 2 N–H and O–H groups in total. The molecule has 0 heterocycles. The van der Waals surface area contributed by atoms with Crippen LogP contribution in [0, 0.1) is 0 Å². The van der Waals surface area contributed by atoms with Gasteiger partial charge in [0, 0.05) is 5.02 Å². The monoisotopic (exact) mass is 258 g/mol. The van der Waals surface area contributed by atoms with E-state index in [4.69, 9.17) is 28.9 Å². The van der Waals surface area contributed by atoms with Gasteiger partial charge < -0.3 is 5.73 Å². The summed E-state index contributed by atoms with van der Waals surface area (Å²) in [4.78, 5) is 4.36. The van der Waals surface area contributed by atoms with E-state index in [0.717, 1.165) is 34.7 Å². The molecule has 0 aliphatic rings. The molecule has 0 saturated heterocycles. The van der Waals surface area contributed by atoms with Crippen LogP contribution in [-0.2, 0) is 12.8 Å². The van der Waals surface area contributed by atoms with Crippen molar-refractivity contribution in [2.45, 2.75) is 26.7 Å². The predicted molar refractivity (Wildman–Crippen MR) is 72.2 cm³/mol. The summed E-state index contributed by atoms with van der Waals surface area (Å²) >= 11 is 11.8. The van der Waals surface area contributed by atoms with Gasteiger partial charge in [0.05, 0.1) is 11.6 Å². The van der Waals surface area contributed by atoms with Crippen LogP contribution < -0.4 is 5.73 Å². The van der Waals surface area contributed by atoms with E-state index in [1.165, 1.54) is 0 Å². The zero-order chi connectivity index (χ0) is 12.1. The van der Waals surface area contributed by atoms with Crippen LogP contribution in [0.3, 0.4) is 0 Å². The third-order valence-electron chi connectivity index (χ3n) is 2.44. The molecule has 0 aliphatic carbocycles. The van der Waals surface area contributed by atoms with Crippen LogP contribution in [0.15, 0.2) is 17.1 Å². The number of aryl methyl sites for hydroxylation is 1. The molecule has 88 valence electrons. The Balaban J connectivity index is 3.36. The standard InChI is InChI=1S/C12H16Cl2N2/c1-3-8-5-6-10(14)9(4-2)12(8)16-11(15)7-13/h5-6H,3-4,7H2,1-2H3,(H2,15,16). The molecular formula is C12H16Cl2N2. The minimum absolute atomic E-state index is 0.235. The lowest BCUT2D eigenvalue weighted by Gasteiger charge is -2.11. The molecule has 0 amide bonds. The molecule has 1 aromatic carbocycles. The van der Waals surface area contributed by atoms with E-state index in [2.05, 4.69) is 18.8 Å². The number of amidine groups is 1. The second-order valence-electron chi connectivity index (χ2n) is 3.48. The summed E-state index contributed by atoms with van der Waals surface area (Å²) in [6.45, 7) is 4.13. The summed E-state index contributed by atoms with van der Waals surface area (Å²) in [6.07, 6.45) is 1.74. The molecule has 16 heavy (non-hydrogen) atoms. The first-order chi connectivity index (χ1) is 7.63. The highest BCUT2D eigenvalue weighted by molar-refractivity contribution is 6.32. The quantitative estimate of drug-likeness (QED) is 0.500. The Morgan fingerprint density at radius 1 is 1.31 bits per heavy atom. The maximum absolute atomic E-state index is 6.14. The van der Waals surface area contributed by atoms with Gasteiger partial charge in [-0.05, 0) is 30.0 Å². The number of benzene rings is 1. The minimum atomic E-state index is 0.235. The molecule has 0 aromatic heterocycles. The third kappa shape index (κ3) is 2.89. The maximum atomic E-state index is 6.14. The molecule has 0 aliphatic heterocycles. The fourth-order valence-electron chi connectivity index (χ4n) is 1.59. The number of hydrogen-bond donors (Lipinski definition) is 1. The van der Waals surface area contributed by atoms with Crippen molar-refractivity contribution >= 4 is 34.7 Å². The molecule has 4 heteroatoms. The summed E-state index contributed by atoms with van der Waals surface area (Å²) in [5.74, 6) is 0.659. The Hall–Kier alpha value is -0.730. The number of nitrogens with zero attached hydrogens (tertiary/aromatic N) is 1. The predicted octanol–water partition coefficient (Wildman–Crippen LogP) is 3.69. The highest BCUT2D eigenvalue weighted by Gasteiger charge is 2.09. The molecule has 2 nitrogen and oxygen atoms in total. The highest BCUT2D eigenvalue weighted by atomic mass is 35.5. The SMILES string of the molecule is CCc1ccc(Cl)c(CC)c1N=C(N)CCl. The Morgan fingerprint density at radius 3 is 2.50 bits per heavy atom. The summed E-state index contributed by atoms with van der Waals surface area (Å²) in [7, 11) is 0.